The molecular formula is C42H74N2O5. The van der Waals surface area contributed by atoms with Gasteiger partial charge in [0.05, 0.1) is 0 Å². The molecule has 0 aliphatic heterocycles. The maximum absolute atomic E-state index is 12.6. The lowest BCUT2D eigenvalue weighted by Crippen LogP contribution is -2.40. The second kappa shape index (κ2) is 36.6. The molecular weight excluding hydrogens is 612 g/mol. The molecule has 7 nitrogen and oxygen atoms in total. The standard InChI is InChI=1S/C42H74N2O5/c1-3-5-7-9-10-11-12-13-14-15-16-17-18-19-20-21-22-24-30-36-41(46)49-38(32-27-23-8-6-4-2)33-28-25-26-29-35-40(45)44-39(42(47)48)34-31-37-43/h5,7,10-11,13-14,16-17,38-39H,3-4,6,8-9,12,15,18-37,43H2,1-2H3,(H,44,45)(H,47,48)/b7-5-,11-10-,14-13-,17-16-. The van der Waals surface area contributed by atoms with Gasteiger partial charge in [-0.1, -0.05) is 127 Å². The van der Waals surface area contributed by atoms with Crippen LogP contribution in [0.3, 0.4) is 0 Å². The number of carbonyl (C=O) groups is 3. The molecule has 4 N–H and O–H groups in total. The number of hydrogen-bond acceptors (Lipinski definition) is 5. The Hall–Kier alpha value is -2.67. The van der Waals surface area contributed by atoms with Gasteiger partial charge in [-0.05, 0) is 96.4 Å². The van der Waals surface area contributed by atoms with Crippen LogP contribution in [-0.2, 0) is 19.1 Å². The number of nitrogens with two attached hydrogens (primary N) is 1. The zero-order valence-corrected chi connectivity index (χ0v) is 31.5. The van der Waals surface area contributed by atoms with Crippen molar-refractivity contribution < 1.29 is 24.2 Å². The van der Waals surface area contributed by atoms with Gasteiger partial charge in [-0.25, -0.2) is 4.79 Å². The van der Waals surface area contributed by atoms with Crippen molar-refractivity contribution in [3.05, 3.63) is 48.6 Å². The minimum atomic E-state index is -1.01. The van der Waals surface area contributed by atoms with E-state index in [0.29, 0.717) is 32.2 Å². The molecule has 0 aliphatic rings. The van der Waals surface area contributed by atoms with Gasteiger partial charge in [0.15, 0.2) is 0 Å². The van der Waals surface area contributed by atoms with Crippen LogP contribution >= 0.6 is 0 Å². The van der Waals surface area contributed by atoms with E-state index in [9.17, 15) is 19.5 Å². The number of unbranched alkanes of at least 4 members (excludes halogenated alkanes) is 13. The van der Waals surface area contributed by atoms with Gasteiger partial charge in [-0.15, -0.1) is 0 Å². The highest BCUT2D eigenvalue weighted by Gasteiger charge is 2.19. The second-order valence-electron chi connectivity index (χ2n) is 13.3. The summed E-state index contributed by atoms with van der Waals surface area (Å²) in [5.74, 6) is -1.29. The number of esters is 1. The van der Waals surface area contributed by atoms with Crippen molar-refractivity contribution in [3.8, 4) is 0 Å². The molecule has 2 atom stereocenters. The van der Waals surface area contributed by atoms with Crippen LogP contribution in [0.2, 0.25) is 0 Å². The first-order chi connectivity index (χ1) is 23.9. The van der Waals surface area contributed by atoms with Crippen molar-refractivity contribution in [1.29, 1.82) is 0 Å². The number of hydrogen-bond donors (Lipinski definition) is 3. The summed E-state index contributed by atoms with van der Waals surface area (Å²) in [6, 6.07) is -0.865. The molecule has 49 heavy (non-hydrogen) atoms. The summed E-state index contributed by atoms with van der Waals surface area (Å²) in [7, 11) is 0. The molecule has 0 saturated carbocycles. The van der Waals surface area contributed by atoms with Crippen LogP contribution in [0.15, 0.2) is 48.6 Å². The summed E-state index contributed by atoms with van der Waals surface area (Å²) in [5, 5.41) is 11.9. The number of carbonyl (C=O) groups excluding carboxylic acids is 2. The fraction of sp³-hybridized carbons (Fsp3) is 0.738. The molecule has 0 aromatic carbocycles. The maximum atomic E-state index is 12.6. The number of carboxylic acid groups (broad SMARTS) is 1. The Morgan fingerprint density at radius 2 is 1.12 bits per heavy atom. The highest BCUT2D eigenvalue weighted by atomic mass is 16.5. The van der Waals surface area contributed by atoms with Gasteiger partial charge in [-0.3, -0.25) is 9.59 Å². The van der Waals surface area contributed by atoms with Crippen molar-refractivity contribution in [2.45, 2.75) is 193 Å². The predicted molar refractivity (Wildman–Crippen MR) is 206 cm³/mol. The largest absolute Gasteiger partial charge is 0.480 e. The fourth-order valence-corrected chi connectivity index (χ4v) is 5.68. The van der Waals surface area contributed by atoms with E-state index in [2.05, 4.69) is 67.8 Å². The van der Waals surface area contributed by atoms with E-state index in [1.807, 2.05) is 0 Å². The molecule has 0 fully saturated rings. The average Bonchev–Trinajstić information content (AvgIpc) is 3.08. The first kappa shape index (κ1) is 46.3. The van der Waals surface area contributed by atoms with Gasteiger partial charge in [0, 0.05) is 12.8 Å². The molecule has 0 aliphatic carbocycles. The first-order valence-corrected chi connectivity index (χ1v) is 20.0. The van der Waals surface area contributed by atoms with E-state index in [-0.39, 0.29) is 18.0 Å². The normalized spacial score (nSPS) is 13.2. The molecule has 0 radical (unpaired) electrons. The van der Waals surface area contributed by atoms with E-state index in [1.165, 1.54) is 51.4 Å². The van der Waals surface area contributed by atoms with E-state index in [1.54, 1.807) is 0 Å². The zero-order valence-electron chi connectivity index (χ0n) is 31.5. The highest BCUT2D eigenvalue weighted by molar-refractivity contribution is 5.83. The maximum Gasteiger partial charge on any atom is 0.326 e. The Kier molecular flexibility index (Phi) is 34.6. The van der Waals surface area contributed by atoms with Crippen molar-refractivity contribution in [3.63, 3.8) is 0 Å². The van der Waals surface area contributed by atoms with Crippen LogP contribution in [0.4, 0.5) is 0 Å². The van der Waals surface area contributed by atoms with Crippen molar-refractivity contribution >= 4 is 17.8 Å². The summed E-state index contributed by atoms with van der Waals surface area (Å²) < 4.78 is 5.95. The summed E-state index contributed by atoms with van der Waals surface area (Å²) in [6.07, 6.45) is 43.1. The Balaban J connectivity index is 4.10. The van der Waals surface area contributed by atoms with Crippen molar-refractivity contribution in [2.75, 3.05) is 6.54 Å². The van der Waals surface area contributed by atoms with Gasteiger partial charge in [0.25, 0.3) is 0 Å². The first-order valence-electron chi connectivity index (χ1n) is 20.0. The molecule has 282 valence electrons. The number of aliphatic carboxylic acids is 1. The summed E-state index contributed by atoms with van der Waals surface area (Å²) in [6.45, 7) is 4.78. The molecule has 0 heterocycles. The quantitative estimate of drug-likeness (QED) is 0.0347. The van der Waals surface area contributed by atoms with Crippen LogP contribution in [-0.4, -0.2) is 41.6 Å². The van der Waals surface area contributed by atoms with Crippen molar-refractivity contribution in [1.82, 2.24) is 5.32 Å². The molecule has 1 amide bonds. The SMILES string of the molecule is CC/C=C\C/C=C\C/C=C\C/C=C\CCCCCCCCC(=O)OC(CCCCCCC)CCCCCCC(=O)NC(CCCN)C(=O)O. The van der Waals surface area contributed by atoms with Crippen LogP contribution < -0.4 is 11.1 Å². The van der Waals surface area contributed by atoms with Crippen LogP contribution in [0.5, 0.6) is 0 Å². The number of nitrogens with one attached hydrogen (secondary N) is 1. The summed E-state index contributed by atoms with van der Waals surface area (Å²) in [4.78, 5) is 36.2. The molecule has 0 rings (SSSR count). The monoisotopic (exact) mass is 687 g/mol. The summed E-state index contributed by atoms with van der Waals surface area (Å²) >= 11 is 0. The number of rotatable bonds is 35. The lowest BCUT2D eigenvalue weighted by Gasteiger charge is -2.18. The molecule has 0 saturated heterocycles. The van der Waals surface area contributed by atoms with Gasteiger partial charge >= 0.3 is 11.9 Å². The van der Waals surface area contributed by atoms with E-state index >= 15 is 0 Å². The minimum Gasteiger partial charge on any atom is -0.480 e. The molecule has 2 unspecified atom stereocenters. The van der Waals surface area contributed by atoms with E-state index in [0.717, 1.165) is 89.9 Å². The van der Waals surface area contributed by atoms with Gasteiger partial charge in [0.1, 0.15) is 12.1 Å². The van der Waals surface area contributed by atoms with E-state index < -0.39 is 12.0 Å². The predicted octanol–water partition coefficient (Wildman–Crippen LogP) is 10.8. The van der Waals surface area contributed by atoms with Gasteiger partial charge < -0.3 is 20.9 Å². The molecule has 0 aromatic heterocycles. The molecule has 0 bridgehead atoms. The second-order valence-corrected chi connectivity index (χ2v) is 13.3. The Labute approximate surface area is 300 Å². The third-order valence-electron chi connectivity index (χ3n) is 8.66. The number of amides is 1. The third kappa shape index (κ3) is 33.6. The molecule has 0 aromatic rings. The zero-order chi connectivity index (χ0) is 36.0. The molecule has 0 spiro atoms. The Bertz CT molecular complexity index is 911. The van der Waals surface area contributed by atoms with Crippen LogP contribution in [0, 0.1) is 0 Å². The highest BCUT2D eigenvalue weighted by Crippen LogP contribution is 2.18. The van der Waals surface area contributed by atoms with Crippen LogP contribution in [0.25, 0.3) is 0 Å². The van der Waals surface area contributed by atoms with Gasteiger partial charge in [-0.2, -0.15) is 0 Å². The van der Waals surface area contributed by atoms with Crippen LogP contribution in [0.1, 0.15) is 181 Å². The lowest BCUT2D eigenvalue weighted by molar-refractivity contribution is -0.150. The van der Waals surface area contributed by atoms with Crippen molar-refractivity contribution in [2.24, 2.45) is 5.73 Å². The lowest BCUT2D eigenvalue weighted by atomic mass is 10.0. The number of carboxylic acids is 1. The Morgan fingerprint density at radius 3 is 1.69 bits per heavy atom. The topological polar surface area (TPSA) is 119 Å². The van der Waals surface area contributed by atoms with Gasteiger partial charge in [0.2, 0.25) is 5.91 Å². The Morgan fingerprint density at radius 1 is 0.612 bits per heavy atom. The third-order valence-corrected chi connectivity index (χ3v) is 8.66. The number of ether oxygens (including phenoxy) is 1. The average molecular weight is 687 g/mol. The minimum absolute atomic E-state index is 0.0188. The molecule has 7 heteroatoms. The van der Waals surface area contributed by atoms with E-state index in [4.69, 9.17) is 10.5 Å². The number of allylic oxidation sites excluding steroid dienone is 8. The smallest absolute Gasteiger partial charge is 0.326 e. The fourth-order valence-electron chi connectivity index (χ4n) is 5.68. The summed E-state index contributed by atoms with van der Waals surface area (Å²) in [5.41, 5.74) is 5.47.